The molecule has 0 aromatic heterocycles. The van der Waals surface area contributed by atoms with Crippen molar-refractivity contribution in [3.63, 3.8) is 0 Å². The van der Waals surface area contributed by atoms with E-state index in [0.717, 1.165) is 13.2 Å². The number of carbonyl (C=O) groups is 1. The molecule has 3 N–H and O–H groups in total. The van der Waals surface area contributed by atoms with Gasteiger partial charge in [-0.05, 0) is 12.5 Å². The zero-order chi connectivity index (χ0) is 26.3. The molecule has 36 heavy (non-hydrogen) atoms. The number of carbonyl (C=O) groups excluding carboxylic acids is 1. The van der Waals surface area contributed by atoms with Gasteiger partial charge in [0, 0.05) is 50.9 Å². The fraction of sp³-hybridized carbons (Fsp3) is 0.600. The number of nitrogens with one attached hydrogen (secondary N) is 1. The molecule has 1 atom stereocenters. The summed E-state index contributed by atoms with van der Waals surface area (Å²) in [6.07, 6.45) is -4.43. The van der Waals surface area contributed by atoms with Crippen molar-refractivity contribution in [2.45, 2.75) is 18.5 Å². The number of benzene rings is 1. The Hall–Kier alpha value is -2.66. The van der Waals surface area contributed by atoms with E-state index >= 15 is 0 Å². The minimum Gasteiger partial charge on any atom is -0.743 e. The van der Waals surface area contributed by atoms with Gasteiger partial charge in [0.15, 0.2) is 5.04 Å². The summed E-state index contributed by atoms with van der Waals surface area (Å²) in [5.74, 6) is -2.55. The lowest BCUT2D eigenvalue weighted by atomic mass is 10.1. The van der Waals surface area contributed by atoms with Crippen molar-refractivity contribution in [2.75, 3.05) is 64.9 Å². The van der Waals surface area contributed by atoms with Crippen LogP contribution in [-0.4, -0.2) is 104 Å². The van der Waals surface area contributed by atoms with E-state index < -0.39 is 44.1 Å². The maximum Gasteiger partial charge on any atom is 0.419 e. The molecule has 3 aliphatic heterocycles. The lowest BCUT2D eigenvalue weighted by molar-refractivity contribution is -0.138. The van der Waals surface area contributed by atoms with Gasteiger partial charge in [0.2, 0.25) is 5.91 Å². The van der Waals surface area contributed by atoms with Crippen LogP contribution in [0.15, 0.2) is 17.1 Å². The van der Waals surface area contributed by atoms with Gasteiger partial charge in [-0.25, -0.2) is 23.1 Å². The Kier molecular flexibility index (Phi) is 7.09. The number of nitrogens with zero attached hydrogens (tertiary/aromatic N) is 4. The number of halogens is 3. The summed E-state index contributed by atoms with van der Waals surface area (Å²) < 4.78 is 86.8. The Balaban J connectivity index is 1.64. The first-order valence-corrected chi connectivity index (χ1v) is 12.5. The highest BCUT2D eigenvalue weighted by molar-refractivity contribution is 8.02. The second kappa shape index (κ2) is 9.66. The smallest absolute Gasteiger partial charge is 0.419 e. The summed E-state index contributed by atoms with van der Waals surface area (Å²) >= 11 is 0. The van der Waals surface area contributed by atoms with Crippen LogP contribution in [0, 0.1) is 0 Å². The van der Waals surface area contributed by atoms with Crippen LogP contribution >= 0.6 is 0 Å². The Morgan fingerprint density at radius 2 is 1.83 bits per heavy atom. The first-order chi connectivity index (χ1) is 16.8. The summed E-state index contributed by atoms with van der Waals surface area (Å²) in [4.78, 5) is 21.6. The van der Waals surface area contributed by atoms with Crippen LogP contribution < -0.4 is 15.8 Å². The zero-order valence-corrected chi connectivity index (χ0v) is 20.2. The molecule has 16 heteroatoms. The second-order valence-corrected chi connectivity index (χ2v) is 9.82. The van der Waals surface area contributed by atoms with Gasteiger partial charge < -0.3 is 29.1 Å². The molecule has 200 valence electrons. The Morgan fingerprint density at radius 3 is 2.44 bits per heavy atom. The molecule has 1 aromatic carbocycles. The van der Waals surface area contributed by atoms with Gasteiger partial charge >= 0.3 is 12.2 Å². The van der Waals surface area contributed by atoms with Crippen LogP contribution in [0.1, 0.15) is 17.5 Å². The number of hydrogen-bond acceptors (Lipinski definition) is 10. The molecule has 1 aromatic rings. The monoisotopic (exact) mass is 535 g/mol. The predicted octanol–water partition coefficient (Wildman–Crippen LogP) is 0.461. The number of fused-ring (bicyclic) bond motifs is 1. The Labute approximate surface area is 205 Å². The molecule has 1 unspecified atom stereocenters. The van der Waals surface area contributed by atoms with E-state index in [4.69, 9.17) is 15.2 Å². The van der Waals surface area contributed by atoms with Crippen LogP contribution in [0.4, 0.5) is 23.7 Å². The van der Waals surface area contributed by atoms with Gasteiger partial charge in [0.1, 0.15) is 15.9 Å². The van der Waals surface area contributed by atoms with Crippen molar-refractivity contribution in [1.29, 1.82) is 0 Å². The molecule has 0 spiro atoms. The lowest BCUT2D eigenvalue weighted by Gasteiger charge is -2.42. The number of hydrogen-bond donors (Lipinski definition) is 2. The summed E-state index contributed by atoms with van der Waals surface area (Å²) in [5, 5.41) is 1.66. The number of nitrogens with two attached hydrogens (primary N) is 1. The fourth-order valence-electron chi connectivity index (χ4n) is 4.44. The van der Waals surface area contributed by atoms with Gasteiger partial charge in [-0.15, -0.1) is 0 Å². The van der Waals surface area contributed by atoms with Crippen LogP contribution in [0.5, 0.6) is 5.75 Å². The zero-order valence-electron chi connectivity index (χ0n) is 19.4. The van der Waals surface area contributed by atoms with Crippen molar-refractivity contribution in [3.05, 3.63) is 23.3 Å². The summed E-state index contributed by atoms with van der Waals surface area (Å²) in [6, 6.07) is 1.27. The first-order valence-electron chi connectivity index (χ1n) is 11.1. The van der Waals surface area contributed by atoms with Gasteiger partial charge in [-0.1, -0.05) is 0 Å². The van der Waals surface area contributed by atoms with Crippen molar-refractivity contribution in [3.8, 4) is 5.75 Å². The van der Waals surface area contributed by atoms with Crippen LogP contribution in [-0.2, 0) is 21.0 Å². The number of morpholine rings is 1. The lowest BCUT2D eigenvalue weighted by Crippen LogP contribution is -2.63. The fourth-order valence-corrected chi connectivity index (χ4v) is 5.13. The normalized spacial score (nSPS) is 23.9. The molecule has 2 saturated heterocycles. The average molecular weight is 536 g/mol. The predicted molar refractivity (Wildman–Crippen MR) is 120 cm³/mol. The van der Waals surface area contributed by atoms with E-state index in [1.54, 1.807) is 9.80 Å². The van der Waals surface area contributed by atoms with Gasteiger partial charge in [-0.2, -0.15) is 13.2 Å². The SMILES string of the molecule is COc1cc2c(cc1C(F)(F)F)C(S(=O)(=O)[O-])=NC(N)(N1CCCN(C(=O)N3CCOCC3)CC1)N2. The maximum atomic E-state index is 13.5. The van der Waals surface area contributed by atoms with E-state index in [2.05, 4.69) is 10.3 Å². The highest BCUT2D eigenvalue weighted by atomic mass is 32.2. The molecule has 12 nitrogen and oxygen atoms in total. The van der Waals surface area contributed by atoms with Crippen LogP contribution in [0.25, 0.3) is 0 Å². The van der Waals surface area contributed by atoms with Crippen LogP contribution in [0.3, 0.4) is 0 Å². The quantitative estimate of drug-likeness (QED) is 0.515. The third kappa shape index (κ3) is 5.22. The summed E-state index contributed by atoms with van der Waals surface area (Å²) in [5.41, 5.74) is 4.44. The number of anilines is 1. The Bertz CT molecular complexity index is 1160. The number of methoxy groups -OCH3 is 1. The number of rotatable bonds is 2. The molecule has 0 radical (unpaired) electrons. The molecule has 0 saturated carbocycles. The minimum atomic E-state index is -5.32. The second-order valence-electron chi connectivity index (χ2n) is 8.53. The van der Waals surface area contributed by atoms with Gasteiger partial charge in [0.25, 0.3) is 0 Å². The van der Waals surface area contributed by atoms with Crippen LogP contribution in [0.2, 0.25) is 0 Å². The minimum absolute atomic E-state index is 0.155. The largest absolute Gasteiger partial charge is 0.743 e. The third-order valence-electron chi connectivity index (χ3n) is 6.23. The number of alkyl halides is 3. The topological polar surface area (TPSA) is 153 Å². The van der Waals surface area contributed by atoms with E-state index in [9.17, 15) is 30.9 Å². The van der Waals surface area contributed by atoms with E-state index in [1.165, 1.54) is 4.90 Å². The molecular formula is C20H26F3N6O6S-. The molecular weight excluding hydrogens is 509 g/mol. The summed E-state index contributed by atoms with van der Waals surface area (Å²) in [7, 11) is -4.29. The van der Waals surface area contributed by atoms with Crippen molar-refractivity contribution in [1.82, 2.24) is 14.7 Å². The Morgan fingerprint density at radius 1 is 1.17 bits per heavy atom. The van der Waals surface area contributed by atoms with Gasteiger partial charge in [0.05, 0.1) is 31.6 Å². The van der Waals surface area contributed by atoms with E-state index in [-0.39, 0.29) is 31.4 Å². The number of aliphatic imine (C=N–C) groups is 1. The molecule has 2 amide bonds. The molecule has 0 bridgehead atoms. The van der Waals surface area contributed by atoms with E-state index in [0.29, 0.717) is 45.3 Å². The average Bonchev–Trinajstić information content (AvgIpc) is 3.08. The number of urea groups is 1. The molecule has 0 aliphatic carbocycles. The maximum absolute atomic E-state index is 13.5. The molecule has 2 fully saturated rings. The summed E-state index contributed by atoms with van der Waals surface area (Å²) in [6.45, 7) is 2.88. The van der Waals surface area contributed by atoms with Crippen molar-refractivity contribution >= 4 is 26.9 Å². The molecule has 3 heterocycles. The first kappa shape index (κ1) is 26.4. The molecule has 4 rings (SSSR count). The number of ether oxygens (including phenoxy) is 2. The van der Waals surface area contributed by atoms with E-state index in [1.807, 2.05) is 0 Å². The molecule has 3 aliphatic rings. The van der Waals surface area contributed by atoms with Gasteiger partial charge in [-0.3, -0.25) is 5.73 Å². The highest BCUT2D eigenvalue weighted by Gasteiger charge is 2.42. The third-order valence-corrected chi connectivity index (χ3v) is 7.02. The van der Waals surface area contributed by atoms with Crippen molar-refractivity contribution in [2.24, 2.45) is 10.7 Å². The van der Waals surface area contributed by atoms with Crippen molar-refractivity contribution < 1.29 is 40.4 Å². The highest BCUT2D eigenvalue weighted by Crippen LogP contribution is 2.41. The number of amides is 2. The standard InChI is InChI=1S/C20H27F3N6O6S/c1-34-16-12-15-13(11-14(16)19(21,22)23)17(36(31,32)33)26-20(24,25-15)29-4-2-3-27(5-6-29)18(30)28-7-9-35-10-8-28/h11-12,25H,2-10,24H2,1H3,(H,31,32,33)/p-1.